The molecule has 1 aromatic heterocycles. The first-order chi connectivity index (χ1) is 12.5. The van der Waals surface area contributed by atoms with E-state index in [9.17, 15) is 14.0 Å². The third kappa shape index (κ3) is 3.74. The molecule has 5 nitrogen and oxygen atoms in total. The number of carbonyl (C=O) groups excluding carboxylic acids is 2. The Hall–Kier alpha value is -3.15. The highest BCUT2D eigenvalue weighted by Gasteiger charge is 2.20. The summed E-state index contributed by atoms with van der Waals surface area (Å²) in [5.74, 6) is -1.36. The van der Waals surface area contributed by atoms with Gasteiger partial charge in [0.2, 0.25) is 5.76 Å². The Bertz CT molecular complexity index is 963. The van der Waals surface area contributed by atoms with Crippen LogP contribution in [0.15, 0.2) is 52.9 Å². The molecule has 0 aliphatic carbocycles. The molecule has 6 heteroatoms. The summed E-state index contributed by atoms with van der Waals surface area (Å²) in [6, 6.07) is 13.3. The van der Waals surface area contributed by atoms with Gasteiger partial charge in [-0.15, -0.1) is 0 Å². The molecule has 0 radical (unpaired) electrons. The highest BCUT2D eigenvalue weighted by molar-refractivity contribution is 5.96. The molecule has 2 aromatic carbocycles. The highest BCUT2D eigenvalue weighted by Crippen LogP contribution is 2.25. The number of carbonyl (C=O) groups is 2. The third-order valence-electron chi connectivity index (χ3n) is 4.09. The maximum atomic E-state index is 13.2. The summed E-state index contributed by atoms with van der Waals surface area (Å²) >= 11 is 0. The van der Waals surface area contributed by atoms with E-state index in [-0.39, 0.29) is 18.1 Å². The van der Waals surface area contributed by atoms with Crippen LogP contribution in [-0.4, -0.2) is 30.4 Å². The largest absolute Gasteiger partial charge is 0.450 e. The second kappa shape index (κ2) is 7.39. The van der Waals surface area contributed by atoms with E-state index in [0.717, 1.165) is 5.39 Å². The lowest BCUT2D eigenvalue weighted by molar-refractivity contribution is -0.133. The molecule has 0 saturated carbocycles. The number of ether oxygens (including phenoxy) is 1. The minimum absolute atomic E-state index is 0.0896. The van der Waals surface area contributed by atoms with Gasteiger partial charge in [0.25, 0.3) is 5.91 Å². The van der Waals surface area contributed by atoms with Gasteiger partial charge in [0, 0.05) is 24.5 Å². The number of furan rings is 1. The lowest BCUT2D eigenvalue weighted by Crippen LogP contribution is -2.30. The third-order valence-corrected chi connectivity index (χ3v) is 4.09. The molecule has 0 fully saturated rings. The van der Waals surface area contributed by atoms with Crippen LogP contribution in [0.2, 0.25) is 0 Å². The van der Waals surface area contributed by atoms with Gasteiger partial charge in [-0.2, -0.15) is 0 Å². The van der Waals surface area contributed by atoms with Crippen LogP contribution in [0.4, 0.5) is 4.39 Å². The molecule has 0 bridgehead atoms. The molecule has 1 amide bonds. The zero-order chi connectivity index (χ0) is 18.7. The number of nitrogens with zero attached hydrogens (tertiary/aromatic N) is 1. The molecule has 0 N–H and O–H groups in total. The lowest BCUT2D eigenvalue weighted by Gasteiger charge is -2.17. The van der Waals surface area contributed by atoms with Crippen molar-refractivity contribution in [1.29, 1.82) is 0 Å². The number of hydrogen-bond acceptors (Lipinski definition) is 4. The normalized spacial score (nSPS) is 10.7. The first-order valence-electron chi connectivity index (χ1n) is 8.09. The van der Waals surface area contributed by atoms with E-state index < -0.39 is 18.5 Å². The predicted octanol–water partition coefficient (Wildman–Crippen LogP) is 3.70. The van der Waals surface area contributed by atoms with Crippen molar-refractivity contribution in [2.75, 3.05) is 13.7 Å². The summed E-state index contributed by atoms with van der Waals surface area (Å²) in [6.45, 7) is 1.57. The fraction of sp³-hybridized carbons (Fsp3) is 0.200. The molecule has 0 aliphatic rings. The van der Waals surface area contributed by atoms with Gasteiger partial charge in [0.15, 0.2) is 6.61 Å². The zero-order valence-corrected chi connectivity index (χ0v) is 14.5. The van der Waals surface area contributed by atoms with Gasteiger partial charge in [-0.25, -0.2) is 9.18 Å². The second-order valence-corrected chi connectivity index (χ2v) is 6.01. The van der Waals surface area contributed by atoms with Crippen LogP contribution >= 0.6 is 0 Å². The Balaban J connectivity index is 1.61. The summed E-state index contributed by atoms with van der Waals surface area (Å²) in [5.41, 5.74) is 1.91. The molecule has 0 saturated heterocycles. The van der Waals surface area contributed by atoms with E-state index in [0.29, 0.717) is 16.7 Å². The van der Waals surface area contributed by atoms with Crippen LogP contribution in [0.25, 0.3) is 11.0 Å². The molecule has 0 spiro atoms. The van der Waals surface area contributed by atoms with Crippen LogP contribution in [-0.2, 0) is 16.1 Å². The first kappa shape index (κ1) is 17.7. The van der Waals surface area contributed by atoms with Crippen LogP contribution in [0.1, 0.15) is 21.7 Å². The minimum Gasteiger partial charge on any atom is -0.450 e. The molecule has 1 heterocycles. The zero-order valence-electron chi connectivity index (χ0n) is 14.5. The van der Waals surface area contributed by atoms with Gasteiger partial charge in [0.1, 0.15) is 11.4 Å². The van der Waals surface area contributed by atoms with E-state index >= 15 is 0 Å². The van der Waals surface area contributed by atoms with Crippen molar-refractivity contribution in [2.24, 2.45) is 0 Å². The Labute approximate surface area is 150 Å². The number of benzene rings is 2. The fourth-order valence-electron chi connectivity index (χ4n) is 2.67. The topological polar surface area (TPSA) is 59.8 Å². The number of fused-ring (bicyclic) bond motifs is 1. The molecule has 26 heavy (non-hydrogen) atoms. The number of aryl methyl sites for hydroxylation is 1. The van der Waals surface area contributed by atoms with E-state index in [1.807, 2.05) is 18.2 Å². The van der Waals surface area contributed by atoms with Crippen molar-refractivity contribution in [3.8, 4) is 0 Å². The van der Waals surface area contributed by atoms with Crippen LogP contribution in [0, 0.1) is 12.7 Å². The van der Waals surface area contributed by atoms with Crippen molar-refractivity contribution in [3.05, 3.63) is 71.2 Å². The summed E-state index contributed by atoms with van der Waals surface area (Å²) < 4.78 is 23.8. The summed E-state index contributed by atoms with van der Waals surface area (Å²) in [6.07, 6.45) is 0. The molecule has 0 unspecified atom stereocenters. The van der Waals surface area contributed by atoms with Crippen molar-refractivity contribution in [3.63, 3.8) is 0 Å². The number of rotatable bonds is 5. The van der Waals surface area contributed by atoms with Gasteiger partial charge < -0.3 is 14.1 Å². The molecule has 3 rings (SSSR count). The van der Waals surface area contributed by atoms with Gasteiger partial charge in [0.05, 0.1) is 0 Å². The Morgan fingerprint density at radius 3 is 2.65 bits per heavy atom. The SMILES string of the molecule is Cc1c(C(=O)OCC(=O)N(C)Cc2cccc(F)c2)oc2ccccc12. The number of halogens is 1. The first-order valence-corrected chi connectivity index (χ1v) is 8.09. The number of likely N-dealkylation sites (N-methyl/N-ethyl adjacent to an activating group) is 1. The quantitative estimate of drug-likeness (QED) is 0.655. The molecular weight excluding hydrogens is 337 g/mol. The predicted molar refractivity (Wildman–Crippen MR) is 94.1 cm³/mol. The summed E-state index contributed by atoms with van der Waals surface area (Å²) in [4.78, 5) is 25.7. The van der Waals surface area contributed by atoms with Crippen molar-refractivity contribution < 1.29 is 23.1 Å². The van der Waals surface area contributed by atoms with E-state index in [1.54, 1.807) is 32.2 Å². The maximum Gasteiger partial charge on any atom is 0.375 e. The lowest BCUT2D eigenvalue weighted by atomic mass is 10.1. The van der Waals surface area contributed by atoms with Crippen molar-refractivity contribution in [2.45, 2.75) is 13.5 Å². The average molecular weight is 355 g/mol. The van der Waals surface area contributed by atoms with Crippen LogP contribution in [0.3, 0.4) is 0 Å². The fourth-order valence-corrected chi connectivity index (χ4v) is 2.67. The van der Waals surface area contributed by atoms with Crippen LogP contribution < -0.4 is 0 Å². The number of hydrogen-bond donors (Lipinski definition) is 0. The summed E-state index contributed by atoms with van der Waals surface area (Å²) in [7, 11) is 1.56. The van der Waals surface area contributed by atoms with E-state index in [2.05, 4.69) is 0 Å². The number of para-hydroxylation sites is 1. The Kier molecular flexibility index (Phi) is 5.02. The Morgan fingerprint density at radius 1 is 1.15 bits per heavy atom. The molecule has 0 aliphatic heterocycles. The highest BCUT2D eigenvalue weighted by atomic mass is 19.1. The van der Waals surface area contributed by atoms with Gasteiger partial charge in [-0.1, -0.05) is 30.3 Å². The summed E-state index contributed by atoms with van der Waals surface area (Å²) in [5, 5.41) is 0.828. The van der Waals surface area contributed by atoms with Gasteiger partial charge >= 0.3 is 5.97 Å². The molecule has 134 valence electrons. The maximum absolute atomic E-state index is 13.2. The van der Waals surface area contributed by atoms with Crippen molar-refractivity contribution in [1.82, 2.24) is 4.90 Å². The minimum atomic E-state index is -0.689. The van der Waals surface area contributed by atoms with Crippen LogP contribution in [0.5, 0.6) is 0 Å². The van der Waals surface area contributed by atoms with Gasteiger partial charge in [-0.05, 0) is 30.7 Å². The average Bonchev–Trinajstić information content (AvgIpc) is 2.96. The molecular formula is C20H18FNO4. The second-order valence-electron chi connectivity index (χ2n) is 6.01. The Morgan fingerprint density at radius 2 is 1.92 bits per heavy atom. The molecule has 3 aromatic rings. The van der Waals surface area contributed by atoms with E-state index in [4.69, 9.17) is 9.15 Å². The number of esters is 1. The monoisotopic (exact) mass is 355 g/mol. The van der Waals surface area contributed by atoms with E-state index in [1.165, 1.54) is 17.0 Å². The smallest absolute Gasteiger partial charge is 0.375 e. The number of amides is 1. The molecule has 0 atom stereocenters. The standard InChI is InChI=1S/C20H18FNO4/c1-13-16-8-3-4-9-17(16)26-19(13)20(24)25-12-18(23)22(2)11-14-6-5-7-15(21)10-14/h3-10H,11-12H2,1-2H3. The van der Waals surface area contributed by atoms with Gasteiger partial charge in [-0.3, -0.25) is 4.79 Å². The van der Waals surface area contributed by atoms with Crippen molar-refractivity contribution >= 4 is 22.8 Å².